The minimum atomic E-state index is -0.361. The smallest absolute Gasteiger partial charge is 0.321 e. The minimum Gasteiger partial charge on any atom is -0.357 e. The van der Waals surface area contributed by atoms with E-state index < -0.39 is 0 Å². The lowest BCUT2D eigenvalue weighted by atomic mass is 10.2. The summed E-state index contributed by atoms with van der Waals surface area (Å²) in [5.41, 5.74) is 8.40. The summed E-state index contributed by atoms with van der Waals surface area (Å²) in [7, 11) is 0. The van der Waals surface area contributed by atoms with Gasteiger partial charge in [0.15, 0.2) is 6.29 Å². The summed E-state index contributed by atoms with van der Waals surface area (Å²) in [5, 5.41) is 18.9. The van der Waals surface area contributed by atoms with Crippen LogP contribution in [0.3, 0.4) is 0 Å². The van der Waals surface area contributed by atoms with E-state index in [0.717, 1.165) is 43.0 Å². The molecule has 0 saturated carbocycles. The van der Waals surface area contributed by atoms with Gasteiger partial charge in [0.05, 0.1) is 6.17 Å². The van der Waals surface area contributed by atoms with E-state index in [0.29, 0.717) is 6.54 Å². The summed E-state index contributed by atoms with van der Waals surface area (Å²) in [5.74, 6) is 0. The van der Waals surface area contributed by atoms with E-state index in [1.165, 1.54) is 0 Å². The van der Waals surface area contributed by atoms with Crippen molar-refractivity contribution in [2.24, 2.45) is 5.73 Å². The molecular weight excluding hydrogens is 330 g/mol. The second-order valence-electron chi connectivity index (χ2n) is 6.25. The van der Waals surface area contributed by atoms with E-state index in [1.807, 2.05) is 37.3 Å². The zero-order valence-electron chi connectivity index (χ0n) is 15.6. The topological polar surface area (TPSA) is 115 Å². The van der Waals surface area contributed by atoms with Gasteiger partial charge in [-0.2, -0.15) is 0 Å². The molecule has 1 aliphatic heterocycles. The molecule has 0 aromatic heterocycles. The quantitative estimate of drug-likeness (QED) is 0.323. The Balaban J connectivity index is 1.84. The average Bonchev–Trinajstić information content (AvgIpc) is 2.60. The predicted molar refractivity (Wildman–Crippen MR) is 105 cm³/mol. The van der Waals surface area contributed by atoms with Crippen LogP contribution in [0.1, 0.15) is 25.8 Å². The average molecular weight is 361 g/mol. The number of urea groups is 1. The summed E-state index contributed by atoms with van der Waals surface area (Å²) in [6.45, 7) is 7.18. The van der Waals surface area contributed by atoms with E-state index in [9.17, 15) is 4.79 Å². The summed E-state index contributed by atoms with van der Waals surface area (Å²) in [6, 6.07) is 7.53. The fraction of sp³-hybridized carbons (Fsp3) is 0.500. The lowest BCUT2D eigenvalue weighted by Gasteiger charge is -2.32. The van der Waals surface area contributed by atoms with Crippen molar-refractivity contribution in [2.45, 2.75) is 39.3 Å². The van der Waals surface area contributed by atoms with Gasteiger partial charge < -0.3 is 27.0 Å². The molecule has 144 valence electrons. The van der Waals surface area contributed by atoms with Crippen LogP contribution in [-0.4, -0.2) is 38.1 Å². The maximum atomic E-state index is 12.3. The van der Waals surface area contributed by atoms with Gasteiger partial charge in [0.1, 0.15) is 0 Å². The molecule has 2 amide bonds. The SMILES string of the molecule is CCNCc1cccc(NC(=O)NC2NC(C)=CC(NCCCN)N2)c1. The fourth-order valence-corrected chi connectivity index (χ4v) is 2.68. The Morgan fingerprint density at radius 1 is 1.35 bits per heavy atom. The highest BCUT2D eigenvalue weighted by atomic mass is 16.2. The number of hydrogen-bond donors (Lipinski definition) is 7. The van der Waals surface area contributed by atoms with Gasteiger partial charge in [0.25, 0.3) is 0 Å². The summed E-state index contributed by atoms with van der Waals surface area (Å²) in [6.07, 6.45) is 2.56. The molecule has 26 heavy (non-hydrogen) atoms. The van der Waals surface area contributed by atoms with E-state index in [-0.39, 0.29) is 18.5 Å². The molecule has 8 nitrogen and oxygen atoms in total. The Kier molecular flexibility index (Phi) is 8.36. The highest BCUT2D eigenvalue weighted by Crippen LogP contribution is 2.10. The normalized spacial score (nSPS) is 19.4. The molecule has 1 heterocycles. The first kappa shape index (κ1) is 20.2. The van der Waals surface area contributed by atoms with Crippen molar-refractivity contribution in [1.82, 2.24) is 26.6 Å². The third-order valence-corrected chi connectivity index (χ3v) is 3.92. The second-order valence-corrected chi connectivity index (χ2v) is 6.25. The molecule has 8 N–H and O–H groups in total. The molecule has 8 heteroatoms. The molecule has 0 radical (unpaired) electrons. The molecule has 1 aromatic carbocycles. The van der Waals surface area contributed by atoms with Crippen LogP contribution in [-0.2, 0) is 6.54 Å². The number of nitrogens with two attached hydrogens (primary N) is 1. The van der Waals surface area contributed by atoms with Crippen LogP contribution in [0, 0.1) is 0 Å². The van der Waals surface area contributed by atoms with Crippen molar-refractivity contribution in [3.63, 3.8) is 0 Å². The maximum absolute atomic E-state index is 12.3. The standard InChI is InChI=1S/C18H31N7O/c1-3-20-12-14-6-4-7-15(11-14)23-18(26)25-17-22-13(2)10-16(24-17)21-9-5-8-19/h4,6-7,10-11,16-17,20-22,24H,3,5,8-9,12,19H2,1-2H3,(H2,23,25,26). The monoisotopic (exact) mass is 361 g/mol. The molecule has 0 saturated heterocycles. The van der Waals surface area contributed by atoms with Gasteiger partial charge in [-0.1, -0.05) is 19.1 Å². The number of amides is 2. The van der Waals surface area contributed by atoms with Crippen LogP contribution in [0.15, 0.2) is 36.0 Å². The number of benzene rings is 1. The molecule has 0 fully saturated rings. The first-order valence-electron chi connectivity index (χ1n) is 9.12. The van der Waals surface area contributed by atoms with Crippen molar-refractivity contribution in [3.8, 4) is 0 Å². The third-order valence-electron chi connectivity index (χ3n) is 3.92. The molecular formula is C18H31N7O. The first-order valence-corrected chi connectivity index (χ1v) is 9.12. The fourth-order valence-electron chi connectivity index (χ4n) is 2.68. The molecule has 0 bridgehead atoms. The van der Waals surface area contributed by atoms with E-state index >= 15 is 0 Å². The maximum Gasteiger partial charge on any atom is 0.321 e. The molecule has 1 aliphatic rings. The molecule has 1 aromatic rings. The zero-order chi connectivity index (χ0) is 18.8. The second kappa shape index (κ2) is 10.8. The van der Waals surface area contributed by atoms with Crippen molar-refractivity contribution < 1.29 is 4.79 Å². The first-order chi connectivity index (χ1) is 12.6. The van der Waals surface area contributed by atoms with Gasteiger partial charge in [-0.15, -0.1) is 0 Å². The number of carbonyl (C=O) groups excluding carboxylic acids is 1. The van der Waals surface area contributed by atoms with Crippen LogP contribution in [0.2, 0.25) is 0 Å². The van der Waals surface area contributed by atoms with Crippen LogP contribution in [0.5, 0.6) is 0 Å². The van der Waals surface area contributed by atoms with E-state index in [1.54, 1.807) is 0 Å². The summed E-state index contributed by atoms with van der Waals surface area (Å²) >= 11 is 0. The number of hydrogen-bond acceptors (Lipinski definition) is 6. The molecule has 2 unspecified atom stereocenters. The van der Waals surface area contributed by atoms with E-state index in [4.69, 9.17) is 5.73 Å². The van der Waals surface area contributed by atoms with Crippen molar-refractivity contribution in [1.29, 1.82) is 0 Å². The lowest BCUT2D eigenvalue weighted by molar-refractivity contribution is 0.238. The molecule has 0 spiro atoms. The number of carbonyl (C=O) groups is 1. The Morgan fingerprint density at radius 2 is 2.19 bits per heavy atom. The molecule has 2 rings (SSSR count). The van der Waals surface area contributed by atoms with Crippen LogP contribution in [0.25, 0.3) is 0 Å². The van der Waals surface area contributed by atoms with Gasteiger partial charge >= 0.3 is 6.03 Å². The van der Waals surface area contributed by atoms with Crippen LogP contribution >= 0.6 is 0 Å². The molecule has 2 atom stereocenters. The minimum absolute atomic E-state index is 0.0171. The highest BCUT2D eigenvalue weighted by Gasteiger charge is 2.20. The van der Waals surface area contributed by atoms with Crippen LogP contribution in [0.4, 0.5) is 10.5 Å². The van der Waals surface area contributed by atoms with Gasteiger partial charge in [-0.3, -0.25) is 10.6 Å². The van der Waals surface area contributed by atoms with Gasteiger partial charge in [-0.05, 0) is 56.8 Å². The van der Waals surface area contributed by atoms with Gasteiger partial charge in [-0.25, -0.2) is 4.79 Å². The predicted octanol–water partition coefficient (Wildman–Crippen LogP) is 0.562. The van der Waals surface area contributed by atoms with Crippen molar-refractivity contribution >= 4 is 11.7 Å². The zero-order valence-corrected chi connectivity index (χ0v) is 15.6. The molecule has 0 aliphatic carbocycles. The number of allylic oxidation sites excluding steroid dienone is 1. The Hall–Kier alpha value is -2.13. The number of anilines is 1. The van der Waals surface area contributed by atoms with E-state index in [2.05, 4.69) is 38.8 Å². The lowest BCUT2D eigenvalue weighted by Crippen LogP contribution is -2.63. The van der Waals surface area contributed by atoms with Gasteiger partial charge in [0.2, 0.25) is 0 Å². The largest absolute Gasteiger partial charge is 0.357 e. The van der Waals surface area contributed by atoms with Crippen LogP contribution < -0.4 is 37.6 Å². The van der Waals surface area contributed by atoms with Crippen molar-refractivity contribution in [2.75, 3.05) is 25.0 Å². The number of rotatable bonds is 9. The Labute approximate surface area is 155 Å². The Bertz CT molecular complexity index is 605. The Morgan fingerprint density at radius 3 is 2.96 bits per heavy atom. The number of nitrogens with one attached hydrogen (secondary N) is 6. The summed E-state index contributed by atoms with van der Waals surface area (Å²) in [4.78, 5) is 12.3. The summed E-state index contributed by atoms with van der Waals surface area (Å²) < 4.78 is 0. The highest BCUT2D eigenvalue weighted by molar-refractivity contribution is 5.89. The third kappa shape index (κ3) is 7.01. The van der Waals surface area contributed by atoms with Crippen molar-refractivity contribution in [3.05, 3.63) is 41.6 Å². The van der Waals surface area contributed by atoms with Gasteiger partial charge in [0, 0.05) is 17.9 Å².